The SMILES string of the molecule is CCOc1ccccc1N1CCN(C(=O)c2cccc(OC)c2)[C@H](C)C1=O. The monoisotopic (exact) mass is 368 g/mol. The maximum absolute atomic E-state index is 13.0. The van der Waals surface area contributed by atoms with E-state index in [2.05, 4.69) is 0 Å². The predicted molar refractivity (Wildman–Crippen MR) is 103 cm³/mol. The average Bonchev–Trinajstić information content (AvgIpc) is 2.70. The lowest BCUT2D eigenvalue weighted by atomic mass is 10.1. The van der Waals surface area contributed by atoms with Crippen molar-refractivity contribution in [1.29, 1.82) is 0 Å². The fourth-order valence-corrected chi connectivity index (χ4v) is 3.27. The smallest absolute Gasteiger partial charge is 0.254 e. The number of rotatable bonds is 5. The first kappa shape index (κ1) is 18.8. The number of piperazine rings is 1. The Kier molecular flexibility index (Phi) is 5.64. The molecule has 1 heterocycles. The molecule has 2 aromatic carbocycles. The van der Waals surface area contributed by atoms with Gasteiger partial charge in [-0.05, 0) is 44.2 Å². The minimum absolute atomic E-state index is 0.121. The molecule has 27 heavy (non-hydrogen) atoms. The van der Waals surface area contributed by atoms with Crippen molar-refractivity contribution in [3.05, 3.63) is 54.1 Å². The first-order chi connectivity index (χ1) is 13.1. The normalized spacial score (nSPS) is 17.0. The summed E-state index contributed by atoms with van der Waals surface area (Å²) in [6.07, 6.45) is 0. The van der Waals surface area contributed by atoms with Gasteiger partial charge in [0.15, 0.2) is 0 Å². The van der Waals surface area contributed by atoms with Gasteiger partial charge in [-0.3, -0.25) is 9.59 Å². The molecule has 142 valence electrons. The molecule has 3 rings (SSSR count). The quantitative estimate of drug-likeness (QED) is 0.814. The van der Waals surface area contributed by atoms with Crippen LogP contribution in [0, 0.1) is 0 Å². The molecular formula is C21H24N2O4. The molecule has 0 saturated carbocycles. The van der Waals surface area contributed by atoms with Crippen LogP contribution in [0.3, 0.4) is 0 Å². The average molecular weight is 368 g/mol. The van der Waals surface area contributed by atoms with Gasteiger partial charge in [-0.15, -0.1) is 0 Å². The van der Waals surface area contributed by atoms with E-state index in [4.69, 9.17) is 9.47 Å². The van der Waals surface area contributed by atoms with Crippen molar-refractivity contribution in [3.8, 4) is 11.5 Å². The van der Waals surface area contributed by atoms with Crippen LogP contribution in [0.15, 0.2) is 48.5 Å². The van der Waals surface area contributed by atoms with Gasteiger partial charge in [0.1, 0.15) is 17.5 Å². The molecule has 0 bridgehead atoms. The zero-order valence-electron chi connectivity index (χ0n) is 15.8. The second-order valence-corrected chi connectivity index (χ2v) is 6.30. The van der Waals surface area contributed by atoms with Gasteiger partial charge in [0.05, 0.1) is 19.4 Å². The van der Waals surface area contributed by atoms with E-state index in [0.29, 0.717) is 36.8 Å². The Balaban J connectivity index is 1.81. The molecule has 0 aromatic heterocycles. The molecule has 1 saturated heterocycles. The summed E-state index contributed by atoms with van der Waals surface area (Å²) >= 11 is 0. The van der Waals surface area contributed by atoms with Crippen LogP contribution in [0.4, 0.5) is 5.69 Å². The van der Waals surface area contributed by atoms with Gasteiger partial charge in [-0.2, -0.15) is 0 Å². The van der Waals surface area contributed by atoms with Crippen molar-refractivity contribution in [2.45, 2.75) is 19.9 Å². The molecule has 2 aromatic rings. The van der Waals surface area contributed by atoms with Gasteiger partial charge in [0.2, 0.25) is 5.91 Å². The van der Waals surface area contributed by atoms with Crippen LogP contribution in [-0.2, 0) is 4.79 Å². The van der Waals surface area contributed by atoms with Crippen LogP contribution in [0.25, 0.3) is 0 Å². The molecule has 1 fully saturated rings. The first-order valence-corrected chi connectivity index (χ1v) is 9.05. The van der Waals surface area contributed by atoms with Crippen molar-refractivity contribution < 1.29 is 19.1 Å². The van der Waals surface area contributed by atoms with Crippen LogP contribution >= 0.6 is 0 Å². The zero-order chi connectivity index (χ0) is 19.4. The van der Waals surface area contributed by atoms with Crippen LogP contribution in [0.5, 0.6) is 11.5 Å². The fraction of sp³-hybridized carbons (Fsp3) is 0.333. The number of anilines is 1. The fourth-order valence-electron chi connectivity index (χ4n) is 3.27. The number of nitrogens with zero attached hydrogens (tertiary/aromatic N) is 2. The van der Waals surface area contributed by atoms with E-state index >= 15 is 0 Å². The second kappa shape index (κ2) is 8.12. The zero-order valence-corrected chi connectivity index (χ0v) is 15.8. The summed E-state index contributed by atoms with van der Waals surface area (Å²) in [6.45, 7) is 5.06. The van der Waals surface area contributed by atoms with Gasteiger partial charge in [0.25, 0.3) is 5.91 Å². The summed E-state index contributed by atoms with van der Waals surface area (Å²) in [5.41, 5.74) is 1.25. The largest absolute Gasteiger partial charge is 0.497 e. The molecular weight excluding hydrogens is 344 g/mol. The number of carbonyl (C=O) groups is 2. The van der Waals surface area contributed by atoms with Crippen molar-refractivity contribution in [3.63, 3.8) is 0 Å². The van der Waals surface area contributed by atoms with Crippen molar-refractivity contribution >= 4 is 17.5 Å². The van der Waals surface area contributed by atoms with Gasteiger partial charge in [0, 0.05) is 18.7 Å². The molecule has 2 amide bonds. The summed E-state index contributed by atoms with van der Waals surface area (Å²) < 4.78 is 10.8. The molecule has 1 aliphatic heterocycles. The Morgan fingerprint density at radius 2 is 1.93 bits per heavy atom. The van der Waals surface area contributed by atoms with Gasteiger partial charge in [-0.25, -0.2) is 0 Å². The minimum Gasteiger partial charge on any atom is -0.497 e. The third-order valence-corrected chi connectivity index (χ3v) is 4.69. The van der Waals surface area contributed by atoms with Crippen molar-refractivity contribution in [2.24, 2.45) is 0 Å². The molecule has 1 atom stereocenters. The van der Waals surface area contributed by atoms with E-state index < -0.39 is 6.04 Å². The van der Waals surface area contributed by atoms with Gasteiger partial charge < -0.3 is 19.3 Å². The highest BCUT2D eigenvalue weighted by atomic mass is 16.5. The highest BCUT2D eigenvalue weighted by Gasteiger charge is 2.36. The van der Waals surface area contributed by atoms with E-state index in [0.717, 1.165) is 5.69 Å². The Bertz CT molecular complexity index is 836. The summed E-state index contributed by atoms with van der Waals surface area (Å²) in [6, 6.07) is 13.9. The Morgan fingerprint density at radius 1 is 1.15 bits per heavy atom. The van der Waals surface area contributed by atoms with Crippen LogP contribution in [-0.4, -0.2) is 49.6 Å². The molecule has 6 heteroatoms. The third-order valence-electron chi connectivity index (χ3n) is 4.69. The van der Waals surface area contributed by atoms with Crippen LogP contribution in [0.1, 0.15) is 24.2 Å². The molecule has 0 spiro atoms. The predicted octanol–water partition coefficient (Wildman–Crippen LogP) is 2.97. The Hall–Kier alpha value is -3.02. The van der Waals surface area contributed by atoms with E-state index in [1.54, 1.807) is 48.1 Å². The van der Waals surface area contributed by atoms with Gasteiger partial charge >= 0.3 is 0 Å². The lowest BCUT2D eigenvalue weighted by Crippen LogP contribution is -2.57. The standard InChI is InChI=1S/C21H24N2O4/c1-4-27-19-11-6-5-10-18(19)23-13-12-22(15(2)20(23)24)21(25)16-8-7-9-17(14-16)26-3/h5-11,14-15H,4,12-13H2,1-3H3/t15-/m1/s1. The number of methoxy groups -OCH3 is 1. The summed E-state index contributed by atoms with van der Waals surface area (Å²) in [4.78, 5) is 29.2. The lowest BCUT2D eigenvalue weighted by Gasteiger charge is -2.39. The van der Waals surface area contributed by atoms with Crippen molar-refractivity contribution in [1.82, 2.24) is 4.90 Å². The second-order valence-electron chi connectivity index (χ2n) is 6.30. The summed E-state index contributed by atoms with van der Waals surface area (Å²) in [7, 11) is 1.56. The van der Waals surface area contributed by atoms with Crippen molar-refractivity contribution in [2.75, 3.05) is 31.7 Å². The Morgan fingerprint density at radius 3 is 2.67 bits per heavy atom. The number of carbonyl (C=O) groups excluding carboxylic acids is 2. The number of benzene rings is 2. The topological polar surface area (TPSA) is 59.1 Å². The number of ether oxygens (including phenoxy) is 2. The van der Waals surface area contributed by atoms with E-state index in [-0.39, 0.29) is 11.8 Å². The highest BCUT2D eigenvalue weighted by Crippen LogP contribution is 2.31. The molecule has 6 nitrogen and oxygen atoms in total. The molecule has 0 N–H and O–H groups in total. The Labute approximate surface area is 159 Å². The minimum atomic E-state index is -0.563. The maximum atomic E-state index is 13.0. The molecule has 0 aliphatic carbocycles. The van der Waals surface area contributed by atoms with E-state index in [1.807, 2.05) is 31.2 Å². The third kappa shape index (κ3) is 3.74. The summed E-state index contributed by atoms with van der Waals surface area (Å²) in [5, 5.41) is 0. The lowest BCUT2D eigenvalue weighted by molar-refractivity contribution is -0.124. The number of hydrogen-bond acceptors (Lipinski definition) is 4. The van der Waals surface area contributed by atoms with Crippen LogP contribution < -0.4 is 14.4 Å². The maximum Gasteiger partial charge on any atom is 0.254 e. The summed E-state index contributed by atoms with van der Waals surface area (Å²) in [5.74, 6) is 0.995. The molecule has 1 aliphatic rings. The molecule has 0 unspecified atom stereocenters. The molecule has 0 radical (unpaired) electrons. The number of para-hydroxylation sites is 2. The number of amides is 2. The van der Waals surface area contributed by atoms with Gasteiger partial charge in [-0.1, -0.05) is 18.2 Å². The van der Waals surface area contributed by atoms with E-state index in [1.165, 1.54) is 0 Å². The van der Waals surface area contributed by atoms with Crippen LogP contribution in [0.2, 0.25) is 0 Å². The van der Waals surface area contributed by atoms with E-state index in [9.17, 15) is 9.59 Å². The highest BCUT2D eigenvalue weighted by molar-refractivity contribution is 6.04. The first-order valence-electron chi connectivity index (χ1n) is 9.05. The number of hydrogen-bond donors (Lipinski definition) is 0.